The average Bonchev–Trinajstić information content (AvgIpc) is 2.26. The van der Waals surface area contributed by atoms with Crippen molar-refractivity contribution in [1.82, 2.24) is 4.98 Å². The first-order valence-electron chi connectivity index (χ1n) is 4.61. The SMILES string of the molecule is CC(=O)SCC(O)C(O)c1ccc(Br)nc1. The van der Waals surface area contributed by atoms with Gasteiger partial charge < -0.3 is 10.2 Å². The Hall–Kier alpha value is -0.430. The van der Waals surface area contributed by atoms with Gasteiger partial charge in [0.1, 0.15) is 10.7 Å². The van der Waals surface area contributed by atoms with Gasteiger partial charge in [-0.15, -0.1) is 0 Å². The number of halogens is 1. The third-order valence-electron chi connectivity index (χ3n) is 1.91. The maximum absolute atomic E-state index is 10.7. The second-order valence-electron chi connectivity index (χ2n) is 3.23. The highest BCUT2D eigenvalue weighted by atomic mass is 79.9. The largest absolute Gasteiger partial charge is 0.389 e. The van der Waals surface area contributed by atoms with Gasteiger partial charge in [0, 0.05) is 24.4 Å². The average molecular weight is 306 g/mol. The molecular formula is C10H12BrNO3S. The van der Waals surface area contributed by atoms with Crippen LogP contribution in [0.15, 0.2) is 22.9 Å². The van der Waals surface area contributed by atoms with E-state index in [1.165, 1.54) is 13.1 Å². The molecule has 0 aliphatic rings. The Morgan fingerprint density at radius 3 is 2.75 bits per heavy atom. The third-order valence-corrected chi connectivity index (χ3v) is 3.30. The fraction of sp³-hybridized carbons (Fsp3) is 0.400. The van der Waals surface area contributed by atoms with Gasteiger partial charge in [0.05, 0.1) is 6.10 Å². The van der Waals surface area contributed by atoms with Crippen LogP contribution < -0.4 is 0 Å². The Morgan fingerprint density at radius 1 is 1.56 bits per heavy atom. The van der Waals surface area contributed by atoms with Crippen molar-refractivity contribution in [3.05, 3.63) is 28.5 Å². The van der Waals surface area contributed by atoms with Crippen molar-refractivity contribution in [2.45, 2.75) is 19.1 Å². The number of hydrogen-bond acceptors (Lipinski definition) is 5. The number of aliphatic hydroxyl groups excluding tert-OH is 2. The van der Waals surface area contributed by atoms with Crippen LogP contribution in [0.2, 0.25) is 0 Å². The molecule has 16 heavy (non-hydrogen) atoms. The van der Waals surface area contributed by atoms with Crippen LogP contribution in [-0.4, -0.2) is 32.2 Å². The van der Waals surface area contributed by atoms with E-state index in [1.807, 2.05) is 0 Å². The summed E-state index contributed by atoms with van der Waals surface area (Å²) in [6.07, 6.45) is -0.513. The molecule has 88 valence electrons. The van der Waals surface area contributed by atoms with Crippen LogP contribution in [0.25, 0.3) is 0 Å². The minimum absolute atomic E-state index is 0.0832. The molecule has 2 unspecified atom stereocenters. The zero-order chi connectivity index (χ0) is 12.1. The third kappa shape index (κ3) is 4.21. The Bertz CT molecular complexity index is 358. The van der Waals surface area contributed by atoms with Crippen molar-refractivity contribution >= 4 is 32.8 Å². The second kappa shape index (κ2) is 6.34. The molecule has 2 N–H and O–H groups in total. The lowest BCUT2D eigenvalue weighted by atomic mass is 10.1. The molecule has 1 aromatic heterocycles. The molecule has 0 saturated heterocycles. The van der Waals surface area contributed by atoms with Gasteiger partial charge in [0.15, 0.2) is 5.12 Å². The molecule has 1 heterocycles. The number of pyridine rings is 1. The van der Waals surface area contributed by atoms with Gasteiger partial charge in [0.2, 0.25) is 0 Å². The number of carbonyl (C=O) groups excluding carboxylic acids is 1. The van der Waals surface area contributed by atoms with E-state index in [4.69, 9.17) is 0 Å². The summed E-state index contributed by atoms with van der Waals surface area (Å²) in [4.78, 5) is 14.7. The van der Waals surface area contributed by atoms with E-state index in [9.17, 15) is 15.0 Å². The molecule has 0 spiro atoms. The van der Waals surface area contributed by atoms with Gasteiger partial charge in [-0.3, -0.25) is 4.79 Å². The number of carbonyl (C=O) groups is 1. The summed E-state index contributed by atoms with van der Waals surface area (Å²) in [5, 5.41) is 19.3. The summed E-state index contributed by atoms with van der Waals surface area (Å²) in [5.74, 6) is 0.173. The maximum atomic E-state index is 10.7. The Kier molecular flexibility index (Phi) is 5.40. The molecule has 0 aromatic carbocycles. The molecule has 0 amide bonds. The van der Waals surface area contributed by atoms with Crippen molar-refractivity contribution < 1.29 is 15.0 Å². The molecule has 0 saturated carbocycles. The lowest BCUT2D eigenvalue weighted by molar-refractivity contribution is -0.109. The topological polar surface area (TPSA) is 70.4 Å². The second-order valence-corrected chi connectivity index (χ2v) is 5.24. The van der Waals surface area contributed by atoms with Crippen molar-refractivity contribution in [1.29, 1.82) is 0 Å². The molecule has 0 fully saturated rings. The summed E-state index contributed by atoms with van der Waals surface area (Å²) in [7, 11) is 0. The van der Waals surface area contributed by atoms with Crippen LogP contribution in [0.3, 0.4) is 0 Å². The molecule has 0 radical (unpaired) electrons. The monoisotopic (exact) mass is 305 g/mol. The molecule has 0 aliphatic heterocycles. The van der Waals surface area contributed by atoms with Crippen LogP contribution >= 0.6 is 27.7 Å². The molecule has 1 rings (SSSR count). The predicted octanol–water partition coefficient (Wildman–Crippen LogP) is 1.52. The first kappa shape index (κ1) is 13.6. The first-order valence-corrected chi connectivity index (χ1v) is 6.39. The summed E-state index contributed by atoms with van der Waals surface area (Å²) in [6.45, 7) is 1.42. The van der Waals surface area contributed by atoms with E-state index >= 15 is 0 Å². The summed E-state index contributed by atoms with van der Waals surface area (Å²) < 4.78 is 0.663. The van der Waals surface area contributed by atoms with Crippen molar-refractivity contribution in [3.63, 3.8) is 0 Å². The number of rotatable bonds is 4. The maximum Gasteiger partial charge on any atom is 0.185 e. The summed E-state index contributed by atoms with van der Waals surface area (Å²) >= 11 is 4.16. The van der Waals surface area contributed by atoms with Crippen molar-refractivity contribution in [3.8, 4) is 0 Å². The van der Waals surface area contributed by atoms with Crippen LogP contribution in [-0.2, 0) is 4.79 Å². The minimum Gasteiger partial charge on any atom is -0.389 e. The summed E-state index contributed by atoms with van der Waals surface area (Å²) in [6, 6.07) is 3.35. The number of hydrogen-bond donors (Lipinski definition) is 2. The highest BCUT2D eigenvalue weighted by Crippen LogP contribution is 2.20. The lowest BCUT2D eigenvalue weighted by Gasteiger charge is -2.16. The van der Waals surface area contributed by atoms with E-state index < -0.39 is 12.2 Å². The lowest BCUT2D eigenvalue weighted by Crippen LogP contribution is -2.21. The molecule has 0 bridgehead atoms. The normalized spacial score (nSPS) is 14.5. The quantitative estimate of drug-likeness (QED) is 0.825. The van der Waals surface area contributed by atoms with Gasteiger partial charge in [-0.05, 0) is 22.0 Å². The van der Waals surface area contributed by atoms with Gasteiger partial charge in [0.25, 0.3) is 0 Å². The number of nitrogens with zero attached hydrogens (tertiary/aromatic N) is 1. The number of aliphatic hydroxyl groups is 2. The number of aromatic nitrogens is 1. The van der Waals surface area contributed by atoms with Crippen molar-refractivity contribution in [2.24, 2.45) is 0 Å². The highest BCUT2D eigenvalue weighted by Gasteiger charge is 2.19. The first-order chi connectivity index (χ1) is 7.50. The van der Waals surface area contributed by atoms with Crippen LogP contribution in [0.4, 0.5) is 0 Å². The van der Waals surface area contributed by atoms with E-state index in [0.717, 1.165) is 11.8 Å². The minimum atomic E-state index is -1.02. The molecule has 1 aromatic rings. The smallest absolute Gasteiger partial charge is 0.185 e. The van der Waals surface area contributed by atoms with Gasteiger partial charge in [-0.2, -0.15) is 0 Å². The van der Waals surface area contributed by atoms with Crippen LogP contribution in [0, 0.1) is 0 Å². The van der Waals surface area contributed by atoms with Gasteiger partial charge in [-0.1, -0.05) is 17.8 Å². The molecular weight excluding hydrogens is 294 g/mol. The fourth-order valence-electron chi connectivity index (χ4n) is 1.08. The molecule has 4 nitrogen and oxygen atoms in total. The standard InChI is InChI=1S/C10H12BrNO3S/c1-6(13)16-5-8(14)10(15)7-2-3-9(11)12-4-7/h2-4,8,10,14-15H,5H2,1H3. The zero-order valence-corrected chi connectivity index (χ0v) is 11.0. The predicted molar refractivity (Wildman–Crippen MR) is 66.0 cm³/mol. The van der Waals surface area contributed by atoms with Gasteiger partial charge in [-0.25, -0.2) is 4.98 Å². The Labute approximate surface area is 106 Å². The van der Waals surface area contributed by atoms with E-state index in [-0.39, 0.29) is 10.9 Å². The molecule has 0 aliphatic carbocycles. The molecule has 2 atom stereocenters. The van der Waals surface area contributed by atoms with Crippen molar-refractivity contribution in [2.75, 3.05) is 5.75 Å². The van der Waals surface area contributed by atoms with E-state index in [2.05, 4.69) is 20.9 Å². The van der Waals surface area contributed by atoms with Crippen LogP contribution in [0.5, 0.6) is 0 Å². The Morgan fingerprint density at radius 2 is 2.25 bits per heavy atom. The Balaban J connectivity index is 2.59. The van der Waals surface area contributed by atoms with E-state index in [1.54, 1.807) is 12.1 Å². The van der Waals surface area contributed by atoms with Gasteiger partial charge >= 0.3 is 0 Å². The fourth-order valence-corrected chi connectivity index (χ4v) is 1.90. The van der Waals surface area contributed by atoms with Crippen LogP contribution in [0.1, 0.15) is 18.6 Å². The zero-order valence-electron chi connectivity index (χ0n) is 8.63. The highest BCUT2D eigenvalue weighted by molar-refractivity contribution is 9.10. The van der Waals surface area contributed by atoms with E-state index in [0.29, 0.717) is 10.2 Å². The summed E-state index contributed by atoms with van der Waals surface area (Å²) in [5.41, 5.74) is 0.528. The number of thioether (sulfide) groups is 1. The molecule has 6 heteroatoms.